The van der Waals surface area contributed by atoms with Crippen molar-refractivity contribution >= 4 is 27.4 Å². The number of rotatable bonds is 3. The Kier molecular flexibility index (Phi) is 3.26. The lowest BCUT2D eigenvalue weighted by Gasteiger charge is -2.06. The average Bonchev–Trinajstić information content (AvgIpc) is 2.29. The summed E-state index contributed by atoms with van der Waals surface area (Å²) in [5.41, 5.74) is 0. The quantitative estimate of drug-likeness (QED) is 0.924. The zero-order chi connectivity index (χ0) is 12.3. The number of nitrogens with one attached hydrogen (secondary N) is 1. The molecule has 0 saturated carbocycles. The second-order valence-corrected chi connectivity index (χ2v) is 5.22. The fraction of sp³-hybridized carbons (Fsp3) is 0. The van der Waals surface area contributed by atoms with Crippen molar-refractivity contribution in [2.75, 3.05) is 4.72 Å². The Bertz CT molecular complexity index is 616. The first-order valence-electron chi connectivity index (χ1n) is 4.63. The van der Waals surface area contributed by atoms with E-state index in [4.69, 9.17) is 11.6 Å². The molecule has 1 heterocycles. The van der Waals surface area contributed by atoms with E-state index < -0.39 is 10.0 Å². The molecule has 0 aliphatic carbocycles. The summed E-state index contributed by atoms with van der Waals surface area (Å²) in [5, 5.41) is 0.123. The molecule has 0 aliphatic heterocycles. The van der Waals surface area contributed by atoms with Gasteiger partial charge in [0.25, 0.3) is 10.0 Å². The minimum atomic E-state index is -3.64. The molecule has 0 fully saturated rings. The number of nitrogens with zero attached hydrogens (tertiary/aromatic N) is 2. The Morgan fingerprint density at radius 3 is 2.47 bits per heavy atom. The number of hydrogen-bond acceptors (Lipinski definition) is 4. The van der Waals surface area contributed by atoms with Gasteiger partial charge in [0.05, 0.1) is 17.3 Å². The molecule has 0 atom stereocenters. The third kappa shape index (κ3) is 2.92. The van der Waals surface area contributed by atoms with E-state index >= 15 is 0 Å². The van der Waals surface area contributed by atoms with Crippen LogP contribution in [0.15, 0.2) is 47.6 Å². The maximum Gasteiger partial charge on any atom is 0.263 e. The maximum absolute atomic E-state index is 11.9. The zero-order valence-corrected chi connectivity index (χ0v) is 10.1. The van der Waals surface area contributed by atoms with E-state index in [0.717, 1.165) is 0 Å². The summed E-state index contributed by atoms with van der Waals surface area (Å²) in [6, 6.07) is 7.98. The summed E-state index contributed by atoms with van der Waals surface area (Å²) < 4.78 is 26.1. The number of halogens is 1. The van der Waals surface area contributed by atoms with Crippen LogP contribution in [0, 0.1) is 0 Å². The van der Waals surface area contributed by atoms with Gasteiger partial charge < -0.3 is 0 Å². The Balaban J connectivity index is 2.30. The topological polar surface area (TPSA) is 72.0 Å². The second-order valence-electron chi connectivity index (χ2n) is 3.15. The van der Waals surface area contributed by atoms with Crippen molar-refractivity contribution in [3.8, 4) is 0 Å². The van der Waals surface area contributed by atoms with Crippen molar-refractivity contribution in [1.82, 2.24) is 9.97 Å². The Labute approximate surface area is 104 Å². The number of benzene rings is 1. The summed E-state index contributed by atoms with van der Waals surface area (Å²) >= 11 is 5.61. The maximum atomic E-state index is 11.9. The highest BCUT2D eigenvalue weighted by Crippen LogP contribution is 2.14. The molecule has 1 aromatic carbocycles. The molecule has 0 unspecified atom stereocenters. The van der Waals surface area contributed by atoms with Gasteiger partial charge in [0, 0.05) is 0 Å². The van der Waals surface area contributed by atoms with Crippen molar-refractivity contribution in [3.05, 3.63) is 47.9 Å². The van der Waals surface area contributed by atoms with Crippen LogP contribution < -0.4 is 4.72 Å². The van der Waals surface area contributed by atoms with Crippen LogP contribution in [0.5, 0.6) is 0 Å². The first-order chi connectivity index (χ1) is 8.08. The predicted molar refractivity (Wildman–Crippen MR) is 64.3 cm³/mol. The van der Waals surface area contributed by atoms with Crippen molar-refractivity contribution in [2.24, 2.45) is 0 Å². The number of anilines is 1. The normalized spacial score (nSPS) is 11.1. The first kappa shape index (κ1) is 11.8. The number of sulfonamides is 1. The lowest BCUT2D eigenvalue weighted by atomic mass is 10.4. The Hall–Kier alpha value is -1.66. The lowest BCUT2D eigenvalue weighted by Crippen LogP contribution is -2.13. The van der Waals surface area contributed by atoms with Crippen LogP contribution in [0.25, 0.3) is 0 Å². The molecule has 88 valence electrons. The molecule has 2 aromatic rings. The third-order valence-corrected chi connectivity index (χ3v) is 3.45. The fourth-order valence-electron chi connectivity index (χ4n) is 1.19. The highest BCUT2D eigenvalue weighted by molar-refractivity contribution is 7.92. The smallest absolute Gasteiger partial charge is 0.262 e. The van der Waals surface area contributed by atoms with E-state index in [1.54, 1.807) is 18.2 Å². The zero-order valence-electron chi connectivity index (χ0n) is 8.54. The highest BCUT2D eigenvalue weighted by atomic mass is 35.5. The third-order valence-electron chi connectivity index (χ3n) is 1.90. The minimum Gasteiger partial charge on any atom is -0.262 e. The minimum absolute atomic E-state index is 0.0846. The van der Waals surface area contributed by atoms with Gasteiger partial charge in [0.2, 0.25) is 0 Å². The molecule has 0 radical (unpaired) electrons. The van der Waals surface area contributed by atoms with E-state index in [-0.39, 0.29) is 15.9 Å². The van der Waals surface area contributed by atoms with Crippen molar-refractivity contribution < 1.29 is 8.42 Å². The summed E-state index contributed by atoms with van der Waals surface area (Å²) in [6.45, 7) is 0. The summed E-state index contributed by atoms with van der Waals surface area (Å²) in [5.74, 6) is 0.0846. The predicted octanol–water partition coefficient (Wildman–Crippen LogP) is 1.93. The molecule has 5 nitrogen and oxygen atoms in total. The molecular formula is C10H8ClN3O2S. The monoisotopic (exact) mass is 269 g/mol. The van der Waals surface area contributed by atoms with Crippen LogP contribution in [-0.4, -0.2) is 18.4 Å². The van der Waals surface area contributed by atoms with Crippen LogP contribution in [0.1, 0.15) is 0 Å². The molecule has 2 rings (SSSR count). The van der Waals surface area contributed by atoms with E-state index in [0.29, 0.717) is 0 Å². The van der Waals surface area contributed by atoms with Gasteiger partial charge >= 0.3 is 0 Å². The van der Waals surface area contributed by atoms with Crippen molar-refractivity contribution in [1.29, 1.82) is 0 Å². The van der Waals surface area contributed by atoms with E-state index in [1.807, 2.05) is 0 Å². The van der Waals surface area contributed by atoms with Crippen LogP contribution in [-0.2, 0) is 10.0 Å². The number of hydrogen-bond donors (Lipinski definition) is 1. The van der Waals surface area contributed by atoms with Gasteiger partial charge in [-0.2, -0.15) is 0 Å². The molecule has 0 amide bonds. The molecule has 0 spiro atoms. The van der Waals surface area contributed by atoms with Crippen LogP contribution in [0.3, 0.4) is 0 Å². The van der Waals surface area contributed by atoms with Gasteiger partial charge in [-0.3, -0.25) is 9.71 Å². The van der Waals surface area contributed by atoms with Crippen LogP contribution >= 0.6 is 11.6 Å². The van der Waals surface area contributed by atoms with E-state index in [9.17, 15) is 8.42 Å². The van der Waals surface area contributed by atoms with Gasteiger partial charge in [-0.05, 0) is 12.1 Å². The van der Waals surface area contributed by atoms with Gasteiger partial charge in [0.15, 0.2) is 5.82 Å². The SMILES string of the molecule is O=S(=O)(Nc1cncc(Cl)n1)c1ccccc1. The second kappa shape index (κ2) is 4.68. The highest BCUT2D eigenvalue weighted by Gasteiger charge is 2.14. The van der Waals surface area contributed by atoms with E-state index in [2.05, 4.69) is 14.7 Å². The molecule has 0 aliphatic rings. The summed E-state index contributed by atoms with van der Waals surface area (Å²) in [7, 11) is -3.64. The molecule has 0 bridgehead atoms. The van der Waals surface area contributed by atoms with Crippen molar-refractivity contribution in [2.45, 2.75) is 4.90 Å². The van der Waals surface area contributed by atoms with Gasteiger partial charge in [-0.15, -0.1) is 0 Å². The van der Waals surface area contributed by atoms with Crippen LogP contribution in [0.4, 0.5) is 5.82 Å². The van der Waals surface area contributed by atoms with Gasteiger partial charge in [-0.1, -0.05) is 29.8 Å². The van der Waals surface area contributed by atoms with Crippen LogP contribution in [0.2, 0.25) is 5.15 Å². The molecule has 7 heteroatoms. The molecule has 0 saturated heterocycles. The van der Waals surface area contributed by atoms with Crippen molar-refractivity contribution in [3.63, 3.8) is 0 Å². The molecular weight excluding hydrogens is 262 g/mol. The number of aromatic nitrogens is 2. The largest absolute Gasteiger partial charge is 0.263 e. The fourth-order valence-corrected chi connectivity index (χ4v) is 2.34. The molecule has 17 heavy (non-hydrogen) atoms. The average molecular weight is 270 g/mol. The van der Waals surface area contributed by atoms with Gasteiger partial charge in [-0.25, -0.2) is 13.4 Å². The lowest BCUT2D eigenvalue weighted by molar-refractivity contribution is 0.601. The van der Waals surface area contributed by atoms with E-state index in [1.165, 1.54) is 24.5 Å². The summed E-state index contributed by atoms with van der Waals surface area (Å²) in [6.07, 6.45) is 2.61. The standard InChI is InChI=1S/C10H8ClN3O2S/c11-9-6-12-7-10(13-9)14-17(15,16)8-4-2-1-3-5-8/h1-7H,(H,13,14). The van der Waals surface area contributed by atoms with Gasteiger partial charge in [0.1, 0.15) is 5.15 Å². The molecule has 1 aromatic heterocycles. The Morgan fingerprint density at radius 1 is 1.12 bits per heavy atom. The Morgan fingerprint density at radius 2 is 1.82 bits per heavy atom. The molecule has 1 N–H and O–H groups in total. The first-order valence-corrected chi connectivity index (χ1v) is 6.49. The summed E-state index contributed by atoms with van der Waals surface area (Å²) in [4.78, 5) is 7.69.